The first-order chi connectivity index (χ1) is 9.84. The van der Waals surface area contributed by atoms with Gasteiger partial charge in [0, 0.05) is 19.5 Å². The molecule has 2 aromatic rings. The minimum absolute atomic E-state index is 0.106. The van der Waals surface area contributed by atoms with Gasteiger partial charge in [-0.3, -0.25) is 10.1 Å². The number of thiophene rings is 1. The van der Waals surface area contributed by atoms with E-state index < -0.39 is 10.0 Å². The largest absolute Gasteiger partial charge is 0.296 e. The number of carbonyl (C=O) groups excluding carboxylic acids is 1. The summed E-state index contributed by atoms with van der Waals surface area (Å²) in [4.78, 5) is 12.5. The molecule has 0 aliphatic heterocycles. The van der Waals surface area contributed by atoms with Crippen molar-refractivity contribution in [2.75, 3.05) is 19.4 Å². The number of sulfonamides is 1. The van der Waals surface area contributed by atoms with Crippen molar-refractivity contribution in [3.05, 3.63) is 21.3 Å². The molecule has 1 amide bonds. The Kier molecular flexibility index (Phi) is 4.71. The summed E-state index contributed by atoms with van der Waals surface area (Å²) in [6.45, 7) is 1.95. The third kappa shape index (κ3) is 3.46. The summed E-state index contributed by atoms with van der Waals surface area (Å²) < 4.78 is 25.0. The fourth-order valence-electron chi connectivity index (χ4n) is 1.39. The Balaban J connectivity index is 2.16. The zero-order valence-corrected chi connectivity index (χ0v) is 14.1. The average Bonchev–Trinajstić information content (AvgIpc) is 3.07. The Hall–Kier alpha value is -1.36. The van der Waals surface area contributed by atoms with Gasteiger partial charge in [-0.2, -0.15) is 0 Å². The monoisotopic (exact) mass is 346 g/mol. The van der Waals surface area contributed by atoms with Crippen molar-refractivity contribution in [1.29, 1.82) is 0 Å². The van der Waals surface area contributed by atoms with Crippen molar-refractivity contribution in [3.8, 4) is 0 Å². The lowest BCUT2D eigenvalue weighted by atomic mass is 10.4. The number of hydrogen-bond donors (Lipinski definition) is 1. The summed E-state index contributed by atoms with van der Waals surface area (Å²) in [6.07, 6.45) is 0.748. The first kappa shape index (κ1) is 16.0. The van der Waals surface area contributed by atoms with Gasteiger partial charge in [-0.1, -0.05) is 18.3 Å². The molecule has 0 unspecified atom stereocenters. The van der Waals surface area contributed by atoms with E-state index in [1.165, 1.54) is 36.9 Å². The van der Waals surface area contributed by atoms with Crippen LogP contribution in [-0.2, 0) is 16.4 Å². The summed E-state index contributed by atoms with van der Waals surface area (Å²) in [5.41, 5.74) is 0. The summed E-state index contributed by atoms with van der Waals surface area (Å²) in [6, 6.07) is 1.36. The molecule has 0 saturated carbocycles. The first-order valence-corrected chi connectivity index (χ1v) is 9.13. The number of hydrogen-bond acceptors (Lipinski definition) is 7. The van der Waals surface area contributed by atoms with E-state index in [4.69, 9.17) is 0 Å². The number of nitrogens with zero attached hydrogens (tertiary/aromatic N) is 3. The van der Waals surface area contributed by atoms with Crippen molar-refractivity contribution < 1.29 is 13.2 Å². The third-order valence-corrected chi connectivity index (χ3v) is 6.42. The number of rotatable bonds is 5. The van der Waals surface area contributed by atoms with E-state index >= 15 is 0 Å². The number of amides is 1. The zero-order valence-electron chi connectivity index (χ0n) is 11.7. The van der Waals surface area contributed by atoms with Gasteiger partial charge in [-0.15, -0.1) is 21.5 Å². The summed E-state index contributed by atoms with van der Waals surface area (Å²) in [5.74, 6) is -0.390. The molecule has 0 bridgehead atoms. The number of aryl methyl sites for hydroxylation is 1. The summed E-state index contributed by atoms with van der Waals surface area (Å²) >= 11 is 2.37. The quantitative estimate of drug-likeness (QED) is 0.889. The smallest absolute Gasteiger partial charge is 0.267 e. The van der Waals surface area contributed by atoms with Gasteiger partial charge in [0.05, 0.1) is 9.77 Å². The Labute approximate surface area is 130 Å². The molecule has 0 radical (unpaired) electrons. The van der Waals surface area contributed by atoms with Crippen molar-refractivity contribution in [1.82, 2.24) is 14.5 Å². The van der Waals surface area contributed by atoms with E-state index in [2.05, 4.69) is 15.5 Å². The minimum atomic E-state index is -3.52. The highest BCUT2D eigenvalue weighted by atomic mass is 32.2. The number of nitrogens with one attached hydrogen (secondary N) is 1. The molecule has 0 aromatic carbocycles. The minimum Gasteiger partial charge on any atom is -0.296 e. The number of aromatic nitrogens is 2. The van der Waals surface area contributed by atoms with Crippen LogP contribution in [0.4, 0.5) is 5.13 Å². The molecule has 2 aromatic heterocycles. The van der Waals surface area contributed by atoms with E-state index in [0.29, 0.717) is 10.0 Å². The fraction of sp³-hybridized carbons (Fsp3) is 0.364. The molecule has 0 spiro atoms. The van der Waals surface area contributed by atoms with Crippen LogP contribution in [-0.4, -0.2) is 42.9 Å². The second kappa shape index (κ2) is 6.18. The molecule has 21 heavy (non-hydrogen) atoms. The van der Waals surface area contributed by atoms with Gasteiger partial charge in [0.2, 0.25) is 15.2 Å². The van der Waals surface area contributed by atoms with Crippen molar-refractivity contribution in [2.45, 2.75) is 18.2 Å². The average molecular weight is 346 g/mol. The SMILES string of the molecule is CCc1nnc(NC(=O)c2cc(S(=O)(=O)N(C)C)cs2)s1. The van der Waals surface area contributed by atoms with E-state index in [1.807, 2.05) is 6.92 Å². The van der Waals surface area contributed by atoms with Gasteiger partial charge in [0.25, 0.3) is 5.91 Å². The summed E-state index contributed by atoms with van der Waals surface area (Å²) in [7, 11) is -0.634. The van der Waals surface area contributed by atoms with Crippen LogP contribution >= 0.6 is 22.7 Å². The van der Waals surface area contributed by atoms with Crippen LogP contribution in [0.1, 0.15) is 21.6 Å². The lowest BCUT2D eigenvalue weighted by Gasteiger charge is -2.08. The highest BCUT2D eigenvalue weighted by Gasteiger charge is 2.21. The van der Waals surface area contributed by atoms with Crippen LogP contribution in [0.25, 0.3) is 0 Å². The molecule has 7 nitrogen and oxygen atoms in total. The lowest BCUT2D eigenvalue weighted by Crippen LogP contribution is -2.21. The highest BCUT2D eigenvalue weighted by Crippen LogP contribution is 2.23. The lowest BCUT2D eigenvalue weighted by molar-refractivity contribution is 0.103. The van der Waals surface area contributed by atoms with Gasteiger partial charge in [-0.05, 0) is 12.5 Å². The molecule has 0 fully saturated rings. The Bertz CT molecular complexity index is 748. The second-order valence-electron chi connectivity index (χ2n) is 4.24. The molecule has 2 rings (SSSR count). The van der Waals surface area contributed by atoms with Crippen LogP contribution in [0.2, 0.25) is 0 Å². The Morgan fingerprint density at radius 3 is 2.67 bits per heavy atom. The topological polar surface area (TPSA) is 92.3 Å². The molecule has 1 N–H and O–H groups in total. The molecular weight excluding hydrogens is 332 g/mol. The van der Waals surface area contributed by atoms with Crippen LogP contribution in [0, 0.1) is 0 Å². The van der Waals surface area contributed by atoms with Gasteiger partial charge in [0.15, 0.2) is 0 Å². The van der Waals surface area contributed by atoms with Crippen LogP contribution in [0.5, 0.6) is 0 Å². The standard InChI is InChI=1S/C11H14N4O3S3/c1-4-9-13-14-11(20-9)12-10(16)8-5-7(6-19-8)21(17,18)15(2)3/h5-6H,4H2,1-3H3,(H,12,14,16). The van der Waals surface area contributed by atoms with Crippen LogP contribution in [0.15, 0.2) is 16.3 Å². The van der Waals surface area contributed by atoms with Crippen LogP contribution in [0.3, 0.4) is 0 Å². The normalized spacial score (nSPS) is 11.8. The molecule has 0 aliphatic carbocycles. The molecule has 10 heteroatoms. The van der Waals surface area contributed by atoms with Gasteiger partial charge < -0.3 is 0 Å². The van der Waals surface area contributed by atoms with Gasteiger partial charge >= 0.3 is 0 Å². The highest BCUT2D eigenvalue weighted by molar-refractivity contribution is 7.89. The molecule has 2 heterocycles. The van der Waals surface area contributed by atoms with Crippen molar-refractivity contribution in [3.63, 3.8) is 0 Å². The number of anilines is 1. The maximum atomic E-state index is 12.1. The maximum Gasteiger partial charge on any atom is 0.267 e. The van der Waals surface area contributed by atoms with Crippen molar-refractivity contribution >= 4 is 43.7 Å². The molecule has 0 aliphatic rings. The Morgan fingerprint density at radius 1 is 1.38 bits per heavy atom. The zero-order chi connectivity index (χ0) is 15.6. The van der Waals surface area contributed by atoms with E-state index in [1.54, 1.807) is 0 Å². The van der Waals surface area contributed by atoms with Crippen LogP contribution < -0.4 is 5.32 Å². The third-order valence-electron chi connectivity index (χ3n) is 2.57. The molecule has 114 valence electrons. The number of carbonyl (C=O) groups is 1. The molecular formula is C11H14N4O3S3. The molecule has 0 saturated heterocycles. The second-order valence-corrected chi connectivity index (χ2v) is 8.37. The molecule has 0 atom stereocenters. The van der Waals surface area contributed by atoms with Gasteiger partial charge in [-0.25, -0.2) is 12.7 Å². The van der Waals surface area contributed by atoms with Crippen molar-refractivity contribution in [2.24, 2.45) is 0 Å². The predicted octanol–water partition coefficient (Wildman–Crippen LogP) is 1.66. The van der Waals surface area contributed by atoms with E-state index in [0.717, 1.165) is 27.1 Å². The first-order valence-electron chi connectivity index (χ1n) is 5.99. The summed E-state index contributed by atoms with van der Waals surface area (Å²) in [5, 5.41) is 13.0. The Morgan fingerprint density at radius 2 is 2.10 bits per heavy atom. The van der Waals surface area contributed by atoms with Gasteiger partial charge in [0.1, 0.15) is 5.01 Å². The van der Waals surface area contributed by atoms with E-state index in [-0.39, 0.29) is 10.8 Å². The fourth-order valence-corrected chi connectivity index (χ4v) is 4.12. The maximum absolute atomic E-state index is 12.1. The van der Waals surface area contributed by atoms with E-state index in [9.17, 15) is 13.2 Å². The predicted molar refractivity (Wildman–Crippen MR) is 82.4 cm³/mol.